The Hall–Kier alpha value is -1.84. The molecule has 1 aliphatic carbocycles. The van der Waals surface area contributed by atoms with E-state index in [0.717, 1.165) is 12.1 Å². The second kappa shape index (κ2) is 4.37. The van der Waals surface area contributed by atoms with Crippen molar-refractivity contribution in [3.8, 4) is 0 Å². The van der Waals surface area contributed by atoms with Gasteiger partial charge in [0.05, 0.1) is 17.9 Å². The molecule has 1 aliphatic heterocycles. The predicted octanol–water partition coefficient (Wildman–Crippen LogP) is 1.93. The Bertz CT molecular complexity index is 513. The highest BCUT2D eigenvalue weighted by Crippen LogP contribution is 2.46. The molecule has 1 aromatic carbocycles. The second-order valence-corrected chi connectivity index (χ2v) is 5.61. The minimum absolute atomic E-state index is 0.0133. The topological polar surface area (TPSA) is 57.6 Å². The fraction of sp³-hybridized carbons (Fsp3) is 0.467. The number of rotatable bonds is 3. The summed E-state index contributed by atoms with van der Waals surface area (Å²) in [6.45, 7) is 2.87. The molecule has 0 spiro atoms. The number of carbonyl (C=O) groups is 2. The van der Waals surface area contributed by atoms with Crippen molar-refractivity contribution in [3.05, 3.63) is 35.9 Å². The van der Waals surface area contributed by atoms with E-state index in [1.54, 1.807) is 0 Å². The fourth-order valence-corrected chi connectivity index (χ4v) is 3.03. The van der Waals surface area contributed by atoms with E-state index in [1.165, 1.54) is 0 Å². The van der Waals surface area contributed by atoms with E-state index >= 15 is 0 Å². The Morgan fingerprint density at radius 2 is 1.89 bits per heavy atom. The maximum atomic E-state index is 12.3. The van der Waals surface area contributed by atoms with Crippen LogP contribution in [0.1, 0.15) is 24.9 Å². The largest absolute Gasteiger partial charge is 0.481 e. The molecule has 0 radical (unpaired) electrons. The van der Waals surface area contributed by atoms with Gasteiger partial charge in [-0.25, -0.2) is 0 Å². The van der Waals surface area contributed by atoms with Crippen LogP contribution in [0.4, 0.5) is 0 Å². The van der Waals surface area contributed by atoms with Gasteiger partial charge in [0.25, 0.3) is 0 Å². The molecule has 1 saturated carbocycles. The van der Waals surface area contributed by atoms with Gasteiger partial charge in [-0.15, -0.1) is 0 Å². The molecule has 4 atom stereocenters. The lowest BCUT2D eigenvalue weighted by Crippen LogP contribution is -2.52. The zero-order chi connectivity index (χ0) is 13.6. The SMILES string of the molecule is CC1CN(C(=O)C2CC2C(=O)O)C1c1ccccc1. The minimum atomic E-state index is -0.844. The van der Waals surface area contributed by atoms with Crippen molar-refractivity contribution < 1.29 is 14.7 Å². The number of amides is 1. The molecule has 100 valence electrons. The molecule has 0 bridgehead atoms. The molecule has 1 aromatic rings. The molecule has 1 saturated heterocycles. The van der Waals surface area contributed by atoms with Crippen LogP contribution in [0, 0.1) is 17.8 Å². The summed E-state index contributed by atoms with van der Waals surface area (Å²) in [4.78, 5) is 25.0. The van der Waals surface area contributed by atoms with Gasteiger partial charge in [0, 0.05) is 6.54 Å². The highest BCUT2D eigenvalue weighted by molar-refractivity contribution is 5.90. The van der Waals surface area contributed by atoms with E-state index in [-0.39, 0.29) is 17.9 Å². The van der Waals surface area contributed by atoms with Crippen LogP contribution in [0.5, 0.6) is 0 Å². The van der Waals surface area contributed by atoms with Gasteiger partial charge >= 0.3 is 5.97 Å². The van der Waals surface area contributed by atoms with E-state index in [0.29, 0.717) is 12.3 Å². The van der Waals surface area contributed by atoms with Gasteiger partial charge in [0.2, 0.25) is 5.91 Å². The normalized spacial score (nSPS) is 32.6. The molecular formula is C15H17NO3. The Morgan fingerprint density at radius 3 is 2.42 bits per heavy atom. The number of hydrogen-bond donors (Lipinski definition) is 1. The minimum Gasteiger partial charge on any atom is -0.481 e. The van der Waals surface area contributed by atoms with E-state index in [2.05, 4.69) is 6.92 Å². The van der Waals surface area contributed by atoms with Crippen molar-refractivity contribution in [1.82, 2.24) is 4.90 Å². The first kappa shape index (κ1) is 12.2. The van der Waals surface area contributed by atoms with Crippen LogP contribution in [0.2, 0.25) is 0 Å². The summed E-state index contributed by atoms with van der Waals surface area (Å²) in [5.74, 6) is -1.15. The number of carboxylic acid groups (broad SMARTS) is 1. The van der Waals surface area contributed by atoms with Gasteiger partial charge < -0.3 is 10.0 Å². The molecule has 1 N–H and O–H groups in total. The Labute approximate surface area is 112 Å². The average Bonchev–Trinajstić information content (AvgIpc) is 3.16. The molecule has 1 heterocycles. The van der Waals surface area contributed by atoms with Crippen molar-refractivity contribution in [3.63, 3.8) is 0 Å². The van der Waals surface area contributed by atoms with Crippen molar-refractivity contribution in [2.45, 2.75) is 19.4 Å². The molecule has 4 heteroatoms. The van der Waals surface area contributed by atoms with Crippen LogP contribution in [0.25, 0.3) is 0 Å². The number of likely N-dealkylation sites (tertiary alicyclic amines) is 1. The smallest absolute Gasteiger partial charge is 0.307 e. The third kappa shape index (κ3) is 2.01. The Kier molecular flexibility index (Phi) is 2.81. The standard InChI is InChI=1S/C15H17NO3/c1-9-8-16(13(9)10-5-3-2-4-6-10)14(17)11-7-12(11)15(18)19/h2-6,9,11-13H,7-8H2,1H3,(H,18,19). The molecule has 19 heavy (non-hydrogen) atoms. The number of hydrogen-bond acceptors (Lipinski definition) is 2. The van der Waals surface area contributed by atoms with Crippen LogP contribution in [0.3, 0.4) is 0 Å². The summed E-state index contributed by atoms with van der Waals surface area (Å²) in [6, 6.07) is 10.1. The number of carbonyl (C=O) groups excluding carboxylic acids is 1. The van der Waals surface area contributed by atoms with Crippen molar-refractivity contribution in [2.75, 3.05) is 6.54 Å². The maximum absolute atomic E-state index is 12.3. The summed E-state index contributed by atoms with van der Waals surface area (Å²) in [7, 11) is 0. The van der Waals surface area contributed by atoms with E-state index in [4.69, 9.17) is 5.11 Å². The molecule has 0 aromatic heterocycles. The van der Waals surface area contributed by atoms with Crippen molar-refractivity contribution >= 4 is 11.9 Å². The Morgan fingerprint density at radius 1 is 1.21 bits per heavy atom. The lowest BCUT2D eigenvalue weighted by atomic mass is 9.84. The molecule has 4 nitrogen and oxygen atoms in total. The summed E-state index contributed by atoms with van der Waals surface area (Å²) in [5, 5.41) is 8.91. The molecule has 2 fully saturated rings. The second-order valence-electron chi connectivity index (χ2n) is 5.61. The maximum Gasteiger partial charge on any atom is 0.307 e. The number of aliphatic carboxylic acids is 1. The van der Waals surface area contributed by atoms with Crippen LogP contribution >= 0.6 is 0 Å². The van der Waals surface area contributed by atoms with Gasteiger partial charge in [-0.1, -0.05) is 37.3 Å². The number of benzene rings is 1. The van der Waals surface area contributed by atoms with Crippen molar-refractivity contribution in [1.29, 1.82) is 0 Å². The quantitative estimate of drug-likeness (QED) is 0.902. The van der Waals surface area contributed by atoms with Gasteiger partial charge in [-0.05, 0) is 17.9 Å². The first-order chi connectivity index (χ1) is 9.09. The predicted molar refractivity (Wildman–Crippen MR) is 69.3 cm³/mol. The van der Waals surface area contributed by atoms with E-state index < -0.39 is 11.9 Å². The monoisotopic (exact) mass is 259 g/mol. The molecular weight excluding hydrogens is 242 g/mol. The lowest BCUT2D eigenvalue weighted by Gasteiger charge is -2.47. The third-order valence-corrected chi connectivity index (χ3v) is 4.21. The third-order valence-electron chi connectivity index (χ3n) is 4.21. The lowest BCUT2D eigenvalue weighted by molar-refractivity contribution is -0.148. The van der Waals surface area contributed by atoms with E-state index in [1.807, 2.05) is 35.2 Å². The Balaban J connectivity index is 1.73. The molecule has 4 unspecified atom stereocenters. The molecule has 2 aliphatic rings. The fourth-order valence-electron chi connectivity index (χ4n) is 3.03. The highest BCUT2D eigenvalue weighted by atomic mass is 16.4. The van der Waals surface area contributed by atoms with Crippen LogP contribution in [0.15, 0.2) is 30.3 Å². The summed E-state index contributed by atoms with van der Waals surface area (Å²) < 4.78 is 0. The van der Waals surface area contributed by atoms with Gasteiger partial charge in [-0.2, -0.15) is 0 Å². The zero-order valence-electron chi connectivity index (χ0n) is 10.8. The summed E-state index contributed by atoms with van der Waals surface area (Å²) >= 11 is 0. The zero-order valence-corrected chi connectivity index (χ0v) is 10.8. The van der Waals surface area contributed by atoms with Crippen molar-refractivity contribution in [2.24, 2.45) is 17.8 Å². The highest BCUT2D eigenvalue weighted by Gasteiger charge is 2.53. The van der Waals surface area contributed by atoms with Gasteiger partial charge in [0.15, 0.2) is 0 Å². The summed E-state index contributed by atoms with van der Waals surface area (Å²) in [5.41, 5.74) is 1.14. The summed E-state index contributed by atoms with van der Waals surface area (Å²) in [6.07, 6.45) is 0.501. The molecule has 1 amide bonds. The first-order valence-corrected chi connectivity index (χ1v) is 6.68. The van der Waals surface area contributed by atoms with Gasteiger partial charge in [-0.3, -0.25) is 9.59 Å². The number of nitrogens with zero attached hydrogens (tertiary/aromatic N) is 1. The first-order valence-electron chi connectivity index (χ1n) is 6.68. The van der Waals surface area contributed by atoms with E-state index in [9.17, 15) is 9.59 Å². The van der Waals surface area contributed by atoms with Crippen LogP contribution in [-0.2, 0) is 9.59 Å². The number of carboxylic acids is 1. The van der Waals surface area contributed by atoms with Gasteiger partial charge in [0.1, 0.15) is 0 Å². The molecule has 3 rings (SSSR count). The average molecular weight is 259 g/mol. The van der Waals surface area contributed by atoms with Crippen LogP contribution < -0.4 is 0 Å². The van der Waals surface area contributed by atoms with Crippen LogP contribution in [-0.4, -0.2) is 28.4 Å².